The number of Topliss-reactive ketones (excluding diaryl/α,β-unsaturated/α-hetero) is 1. The van der Waals surface area contributed by atoms with Crippen molar-refractivity contribution in [3.8, 4) is 11.1 Å². The molecule has 2 aromatic rings. The lowest BCUT2D eigenvalue weighted by Gasteiger charge is -2.12. The Labute approximate surface area is 126 Å². The number of rotatable bonds is 5. The summed E-state index contributed by atoms with van der Waals surface area (Å²) in [6.45, 7) is 5.92. The Morgan fingerprint density at radius 1 is 1.24 bits per heavy atom. The minimum atomic E-state index is -0.0566. The number of anilines is 1. The van der Waals surface area contributed by atoms with E-state index in [1.54, 1.807) is 6.20 Å². The van der Waals surface area contributed by atoms with E-state index >= 15 is 0 Å². The molecule has 0 aliphatic rings. The van der Waals surface area contributed by atoms with Crippen LogP contribution in [0.25, 0.3) is 11.1 Å². The van der Waals surface area contributed by atoms with Gasteiger partial charge in [-0.1, -0.05) is 45.0 Å². The topological polar surface area (TPSA) is 42.0 Å². The monoisotopic (exact) mass is 282 g/mol. The van der Waals surface area contributed by atoms with Crippen molar-refractivity contribution in [3.05, 3.63) is 47.8 Å². The number of nitrogens with zero attached hydrogens (tertiary/aromatic N) is 1. The van der Waals surface area contributed by atoms with Crippen molar-refractivity contribution in [2.45, 2.75) is 27.2 Å². The predicted octanol–water partition coefficient (Wildman–Crippen LogP) is 4.19. The summed E-state index contributed by atoms with van der Waals surface area (Å²) in [5, 5.41) is 3.09. The van der Waals surface area contributed by atoms with Crippen molar-refractivity contribution in [2.75, 3.05) is 12.4 Å². The van der Waals surface area contributed by atoms with Gasteiger partial charge in [0.05, 0.1) is 5.69 Å². The third kappa shape index (κ3) is 3.30. The fraction of sp³-hybridized carbons (Fsp3) is 0.333. The highest BCUT2D eigenvalue weighted by Crippen LogP contribution is 2.26. The molecule has 0 aliphatic heterocycles. The molecular formula is C18H22N2O. The number of aryl methyl sites for hydroxylation is 1. The maximum atomic E-state index is 12.2. The maximum Gasteiger partial charge on any atom is 0.185 e. The van der Waals surface area contributed by atoms with E-state index in [9.17, 15) is 4.79 Å². The Morgan fingerprint density at radius 3 is 2.62 bits per heavy atom. The molecule has 0 aliphatic carbocycles. The summed E-state index contributed by atoms with van der Waals surface area (Å²) in [6.07, 6.45) is 2.79. The zero-order valence-electron chi connectivity index (χ0n) is 13.1. The van der Waals surface area contributed by atoms with Gasteiger partial charge in [0.15, 0.2) is 5.78 Å². The molecule has 0 radical (unpaired) electrons. The molecule has 1 N–H and O–H groups in total. The molecule has 0 amide bonds. The zero-order valence-corrected chi connectivity index (χ0v) is 13.1. The quantitative estimate of drug-likeness (QED) is 0.836. The summed E-state index contributed by atoms with van der Waals surface area (Å²) in [7, 11) is 1.82. The smallest absolute Gasteiger partial charge is 0.185 e. The van der Waals surface area contributed by atoms with Gasteiger partial charge < -0.3 is 5.32 Å². The minimum Gasteiger partial charge on any atom is -0.386 e. The van der Waals surface area contributed by atoms with Gasteiger partial charge in [-0.25, -0.2) is 0 Å². The molecule has 21 heavy (non-hydrogen) atoms. The first-order chi connectivity index (χ1) is 10.1. The molecule has 0 atom stereocenters. The van der Waals surface area contributed by atoms with E-state index < -0.39 is 0 Å². The second kappa shape index (κ2) is 6.53. The first-order valence-corrected chi connectivity index (χ1v) is 7.38. The number of ketones is 1. The highest BCUT2D eigenvalue weighted by molar-refractivity contribution is 6.01. The van der Waals surface area contributed by atoms with Gasteiger partial charge in [0.2, 0.25) is 0 Å². The van der Waals surface area contributed by atoms with E-state index in [-0.39, 0.29) is 11.7 Å². The fourth-order valence-corrected chi connectivity index (χ4v) is 2.25. The molecule has 3 heteroatoms. The molecule has 1 aromatic heterocycles. The van der Waals surface area contributed by atoms with Crippen LogP contribution in [0.5, 0.6) is 0 Å². The van der Waals surface area contributed by atoms with Gasteiger partial charge >= 0.3 is 0 Å². The Bertz CT molecular complexity index is 647. The summed E-state index contributed by atoms with van der Waals surface area (Å²) in [5.74, 6) is 0.00655. The molecule has 0 saturated carbocycles. The van der Waals surface area contributed by atoms with Crippen molar-refractivity contribution >= 4 is 11.5 Å². The van der Waals surface area contributed by atoms with Crippen LogP contribution in [0.1, 0.15) is 36.8 Å². The molecule has 0 saturated heterocycles. The van der Waals surface area contributed by atoms with Gasteiger partial charge in [0, 0.05) is 24.7 Å². The van der Waals surface area contributed by atoms with Crippen LogP contribution in [0.2, 0.25) is 0 Å². The number of nitrogens with one attached hydrogen (secondary N) is 1. The van der Waals surface area contributed by atoms with E-state index in [1.807, 2.05) is 27.0 Å². The standard InChI is InChI=1S/C18H22N2O/c1-5-13-7-6-8-14(9-13)15-10-16(19-4)17(20-11-15)18(21)12(2)3/h6-12,19H,5H2,1-4H3. The molecule has 0 fully saturated rings. The van der Waals surface area contributed by atoms with Crippen molar-refractivity contribution in [3.63, 3.8) is 0 Å². The van der Waals surface area contributed by atoms with E-state index in [0.29, 0.717) is 5.69 Å². The second-order valence-electron chi connectivity index (χ2n) is 5.44. The van der Waals surface area contributed by atoms with Crippen LogP contribution >= 0.6 is 0 Å². The van der Waals surface area contributed by atoms with Crippen molar-refractivity contribution in [2.24, 2.45) is 5.92 Å². The molecule has 0 spiro atoms. The Morgan fingerprint density at radius 2 is 2.00 bits per heavy atom. The first kappa shape index (κ1) is 15.2. The molecule has 1 heterocycles. The fourth-order valence-electron chi connectivity index (χ4n) is 2.25. The highest BCUT2D eigenvalue weighted by atomic mass is 16.1. The van der Waals surface area contributed by atoms with Crippen LogP contribution < -0.4 is 5.32 Å². The molecule has 0 bridgehead atoms. The van der Waals surface area contributed by atoms with Crippen LogP contribution in [0, 0.1) is 5.92 Å². The lowest BCUT2D eigenvalue weighted by atomic mass is 10.00. The number of pyridine rings is 1. The van der Waals surface area contributed by atoms with Gasteiger partial charge in [-0.15, -0.1) is 0 Å². The summed E-state index contributed by atoms with van der Waals surface area (Å²) in [5.41, 5.74) is 4.74. The summed E-state index contributed by atoms with van der Waals surface area (Å²) in [4.78, 5) is 16.6. The average Bonchev–Trinajstić information content (AvgIpc) is 2.53. The van der Waals surface area contributed by atoms with E-state index in [1.165, 1.54) is 5.56 Å². The number of hydrogen-bond donors (Lipinski definition) is 1. The van der Waals surface area contributed by atoms with E-state index in [0.717, 1.165) is 23.2 Å². The molecular weight excluding hydrogens is 260 g/mol. The Kier molecular flexibility index (Phi) is 4.73. The van der Waals surface area contributed by atoms with Crippen molar-refractivity contribution in [1.29, 1.82) is 0 Å². The predicted molar refractivity (Wildman–Crippen MR) is 87.8 cm³/mol. The Hall–Kier alpha value is -2.16. The third-order valence-electron chi connectivity index (χ3n) is 3.58. The van der Waals surface area contributed by atoms with Crippen LogP contribution in [0.4, 0.5) is 5.69 Å². The van der Waals surface area contributed by atoms with Gasteiger partial charge in [-0.3, -0.25) is 9.78 Å². The molecule has 2 rings (SSSR count). The normalized spacial score (nSPS) is 10.7. The van der Waals surface area contributed by atoms with E-state index in [4.69, 9.17) is 0 Å². The van der Waals surface area contributed by atoms with Crippen LogP contribution in [-0.4, -0.2) is 17.8 Å². The van der Waals surface area contributed by atoms with Crippen molar-refractivity contribution < 1.29 is 4.79 Å². The molecule has 3 nitrogen and oxygen atoms in total. The Balaban J connectivity index is 2.45. The summed E-state index contributed by atoms with van der Waals surface area (Å²) >= 11 is 0. The second-order valence-corrected chi connectivity index (χ2v) is 5.44. The van der Waals surface area contributed by atoms with Crippen LogP contribution in [0.3, 0.4) is 0 Å². The van der Waals surface area contributed by atoms with Crippen molar-refractivity contribution in [1.82, 2.24) is 4.98 Å². The number of hydrogen-bond acceptors (Lipinski definition) is 3. The van der Waals surface area contributed by atoms with Gasteiger partial charge in [-0.2, -0.15) is 0 Å². The van der Waals surface area contributed by atoms with E-state index in [2.05, 4.69) is 41.5 Å². The molecule has 0 unspecified atom stereocenters. The molecule has 1 aromatic carbocycles. The number of benzene rings is 1. The number of aromatic nitrogens is 1. The van der Waals surface area contributed by atoms with Crippen LogP contribution in [0.15, 0.2) is 36.5 Å². The lowest BCUT2D eigenvalue weighted by Crippen LogP contribution is -2.12. The number of carbonyl (C=O) groups is 1. The van der Waals surface area contributed by atoms with Gasteiger partial charge in [-0.05, 0) is 23.6 Å². The average molecular weight is 282 g/mol. The largest absolute Gasteiger partial charge is 0.386 e. The highest BCUT2D eigenvalue weighted by Gasteiger charge is 2.16. The maximum absolute atomic E-state index is 12.2. The molecule has 110 valence electrons. The number of carbonyl (C=O) groups excluding carboxylic acids is 1. The summed E-state index contributed by atoms with van der Waals surface area (Å²) in [6, 6.07) is 10.4. The minimum absolute atomic E-state index is 0.0566. The van der Waals surface area contributed by atoms with Gasteiger partial charge in [0.25, 0.3) is 0 Å². The lowest BCUT2D eigenvalue weighted by molar-refractivity contribution is 0.0935. The third-order valence-corrected chi connectivity index (χ3v) is 3.58. The SMILES string of the molecule is CCc1cccc(-c2cnc(C(=O)C(C)C)c(NC)c2)c1. The van der Waals surface area contributed by atoms with Crippen LogP contribution in [-0.2, 0) is 6.42 Å². The van der Waals surface area contributed by atoms with Gasteiger partial charge in [0.1, 0.15) is 5.69 Å². The summed E-state index contributed by atoms with van der Waals surface area (Å²) < 4.78 is 0. The first-order valence-electron chi connectivity index (χ1n) is 7.38. The zero-order chi connectivity index (χ0) is 15.4.